The second-order valence-corrected chi connectivity index (χ2v) is 10.2. The van der Waals surface area contributed by atoms with E-state index in [-0.39, 0.29) is 12.1 Å². The summed E-state index contributed by atoms with van der Waals surface area (Å²) in [6, 6.07) is 12.2. The van der Waals surface area contributed by atoms with Gasteiger partial charge in [0.05, 0.1) is 29.4 Å². The standard InChI is InChI=1S/C28H31Cl2N3O3/c1-18-12-20(16-31)13-27-24(18)14-22(32(27)3)15-25-26(29)5-4-21(28(25)30)17-33-8-6-23(7-9-33)36-11-10-35-19(2)34/h4-5,12-14,23H,6-11,15,17H2,1-3H3. The molecule has 8 heteroatoms. The molecule has 1 fully saturated rings. The Hall–Kier alpha value is -2.56. The minimum absolute atomic E-state index is 0.185. The molecule has 0 aliphatic carbocycles. The van der Waals surface area contributed by atoms with Gasteiger partial charge in [0, 0.05) is 61.6 Å². The lowest BCUT2D eigenvalue weighted by Gasteiger charge is -2.32. The quantitative estimate of drug-likeness (QED) is 0.273. The Labute approximate surface area is 222 Å². The first-order valence-corrected chi connectivity index (χ1v) is 12.9. The summed E-state index contributed by atoms with van der Waals surface area (Å²) in [7, 11) is 2.02. The zero-order valence-corrected chi connectivity index (χ0v) is 22.5. The number of likely N-dealkylation sites (tertiary alicyclic amines) is 1. The van der Waals surface area contributed by atoms with Gasteiger partial charge in [0.15, 0.2) is 0 Å². The maximum absolute atomic E-state index is 10.9. The van der Waals surface area contributed by atoms with Crippen molar-refractivity contribution in [3.05, 3.63) is 68.3 Å². The average molecular weight is 528 g/mol. The number of aryl methyl sites for hydroxylation is 2. The van der Waals surface area contributed by atoms with Crippen LogP contribution in [0.25, 0.3) is 10.9 Å². The second-order valence-electron chi connectivity index (χ2n) is 9.39. The van der Waals surface area contributed by atoms with E-state index in [1.165, 1.54) is 6.92 Å². The summed E-state index contributed by atoms with van der Waals surface area (Å²) < 4.78 is 12.9. The molecule has 0 atom stereocenters. The number of carbonyl (C=O) groups is 1. The first kappa shape index (κ1) is 26.5. The van der Waals surface area contributed by atoms with Crippen molar-refractivity contribution in [2.24, 2.45) is 7.05 Å². The molecule has 0 unspecified atom stereocenters. The fourth-order valence-corrected chi connectivity index (χ4v) is 5.45. The van der Waals surface area contributed by atoms with Crippen molar-refractivity contribution in [1.82, 2.24) is 9.47 Å². The molecule has 1 aliphatic heterocycles. The van der Waals surface area contributed by atoms with Crippen LogP contribution in [0.1, 0.15) is 47.7 Å². The summed E-state index contributed by atoms with van der Waals surface area (Å²) in [5.74, 6) is -0.281. The van der Waals surface area contributed by atoms with E-state index in [4.69, 9.17) is 32.7 Å². The Kier molecular flexibility index (Phi) is 8.58. The third-order valence-corrected chi connectivity index (χ3v) is 7.72. The van der Waals surface area contributed by atoms with Crippen LogP contribution in [0.4, 0.5) is 0 Å². The molecule has 2 heterocycles. The lowest BCUT2D eigenvalue weighted by Crippen LogP contribution is -2.37. The van der Waals surface area contributed by atoms with Crippen molar-refractivity contribution < 1.29 is 14.3 Å². The summed E-state index contributed by atoms with van der Waals surface area (Å²) in [4.78, 5) is 13.2. The number of fused-ring (bicyclic) bond motifs is 1. The zero-order chi connectivity index (χ0) is 25.8. The molecule has 1 aromatic heterocycles. The largest absolute Gasteiger partial charge is 0.463 e. The Morgan fingerprint density at radius 1 is 1.17 bits per heavy atom. The number of halogens is 2. The third kappa shape index (κ3) is 6.04. The lowest BCUT2D eigenvalue weighted by molar-refractivity contribution is -0.143. The Balaban J connectivity index is 1.44. The number of hydrogen-bond acceptors (Lipinski definition) is 5. The second kappa shape index (κ2) is 11.7. The normalized spacial score (nSPS) is 14.8. The first-order chi connectivity index (χ1) is 17.3. The number of piperidine rings is 1. The smallest absolute Gasteiger partial charge is 0.302 e. The fourth-order valence-electron chi connectivity index (χ4n) is 4.88. The van der Waals surface area contributed by atoms with E-state index < -0.39 is 0 Å². The Morgan fingerprint density at radius 2 is 1.92 bits per heavy atom. The van der Waals surface area contributed by atoms with Crippen molar-refractivity contribution in [3.8, 4) is 6.07 Å². The molecule has 4 rings (SSSR count). The molecular weight excluding hydrogens is 497 g/mol. The molecule has 3 aromatic rings. The highest BCUT2D eigenvalue weighted by atomic mass is 35.5. The van der Waals surface area contributed by atoms with Gasteiger partial charge in [-0.15, -0.1) is 0 Å². The van der Waals surface area contributed by atoms with Crippen LogP contribution in [0, 0.1) is 18.3 Å². The van der Waals surface area contributed by atoms with Crippen molar-refractivity contribution in [1.29, 1.82) is 5.26 Å². The number of rotatable bonds is 8. The molecule has 0 radical (unpaired) electrons. The molecule has 0 bridgehead atoms. The van der Waals surface area contributed by atoms with E-state index in [9.17, 15) is 10.1 Å². The lowest BCUT2D eigenvalue weighted by atomic mass is 10.0. The number of aromatic nitrogens is 1. The van der Waals surface area contributed by atoms with E-state index in [0.717, 1.165) is 65.8 Å². The highest BCUT2D eigenvalue weighted by Crippen LogP contribution is 2.33. The van der Waals surface area contributed by atoms with Crippen LogP contribution >= 0.6 is 23.2 Å². The summed E-state index contributed by atoms with van der Waals surface area (Å²) in [6.07, 6.45) is 2.65. The van der Waals surface area contributed by atoms with Gasteiger partial charge in [-0.05, 0) is 60.7 Å². The highest BCUT2D eigenvalue weighted by Gasteiger charge is 2.22. The molecule has 0 saturated carbocycles. The molecule has 0 N–H and O–H groups in total. The highest BCUT2D eigenvalue weighted by molar-refractivity contribution is 6.36. The topological polar surface area (TPSA) is 67.5 Å². The minimum Gasteiger partial charge on any atom is -0.463 e. The summed E-state index contributed by atoms with van der Waals surface area (Å²) in [5, 5.41) is 11.9. The molecule has 0 spiro atoms. The molecule has 190 valence electrons. The molecule has 1 aliphatic rings. The van der Waals surface area contributed by atoms with E-state index in [1.807, 2.05) is 38.2 Å². The van der Waals surface area contributed by atoms with Crippen LogP contribution in [0.3, 0.4) is 0 Å². The van der Waals surface area contributed by atoms with E-state index in [0.29, 0.717) is 35.2 Å². The number of benzene rings is 2. The van der Waals surface area contributed by atoms with Crippen molar-refractivity contribution in [2.45, 2.75) is 45.8 Å². The first-order valence-electron chi connectivity index (χ1n) is 12.2. The summed E-state index contributed by atoms with van der Waals surface area (Å²) in [6.45, 7) is 6.74. The Bertz CT molecular complexity index is 1300. The van der Waals surface area contributed by atoms with Crippen LogP contribution in [0.2, 0.25) is 10.0 Å². The average Bonchev–Trinajstić information content (AvgIpc) is 3.17. The summed E-state index contributed by atoms with van der Waals surface area (Å²) >= 11 is 13.5. The molecule has 6 nitrogen and oxygen atoms in total. The number of ether oxygens (including phenoxy) is 2. The maximum Gasteiger partial charge on any atom is 0.302 e. The maximum atomic E-state index is 10.9. The molecular formula is C28H31Cl2N3O3. The predicted molar refractivity (Wildman–Crippen MR) is 143 cm³/mol. The SMILES string of the molecule is CC(=O)OCCOC1CCN(Cc2ccc(Cl)c(Cc3cc4c(C)cc(C#N)cc4n3C)c2Cl)CC1. The predicted octanol–water partition coefficient (Wildman–Crippen LogP) is 5.80. The molecule has 0 amide bonds. The van der Waals surface area contributed by atoms with Crippen LogP contribution in [-0.4, -0.2) is 47.8 Å². The van der Waals surface area contributed by atoms with Crippen LogP contribution in [-0.2, 0) is 34.3 Å². The van der Waals surface area contributed by atoms with Gasteiger partial charge in [0.25, 0.3) is 0 Å². The molecule has 36 heavy (non-hydrogen) atoms. The monoisotopic (exact) mass is 527 g/mol. The third-order valence-electron chi connectivity index (χ3n) is 6.89. The van der Waals surface area contributed by atoms with E-state index in [1.54, 1.807) is 0 Å². The van der Waals surface area contributed by atoms with Gasteiger partial charge in [-0.1, -0.05) is 29.3 Å². The van der Waals surface area contributed by atoms with Gasteiger partial charge in [-0.25, -0.2) is 0 Å². The number of nitrogens with zero attached hydrogens (tertiary/aromatic N) is 3. The van der Waals surface area contributed by atoms with Crippen LogP contribution < -0.4 is 0 Å². The van der Waals surface area contributed by atoms with Gasteiger partial charge in [-0.2, -0.15) is 5.26 Å². The van der Waals surface area contributed by atoms with Crippen molar-refractivity contribution in [2.75, 3.05) is 26.3 Å². The zero-order valence-electron chi connectivity index (χ0n) is 20.9. The molecule has 2 aromatic carbocycles. The Morgan fingerprint density at radius 3 is 2.61 bits per heavy atom. The molecule has 1 saturated heterocycles. The number of esters is 1. The minimum atomic E-state index is -0.281. The van der Waals surface area contributed by atoms with Gasteiger partial charge in [0.2, 0.25) is 0 Å². The fraction of sp³-hybridized carbons (Fsp3) is 0.429. The van der Waals surface area contributed by atoms with E-state index in [2.05, 4.69) is 21.6 Å². The van der Waals surface area contributed by atoms with Gasteiger partial charge in [0.1, 0.15) is 6.61 Å². The van der Waals surface area contributed by atoms with Crippen LogP contribution in [0.5, 0.6) is 0 Å². The van der Waals surface area contributed by atoms with Crippen molar-refractivity contribution >= 4 is 40.1 Å². The number of hydrogen-bond donors (Lipinski definition) is 0. The van der Waals surface area contributed by atoms with Gasteiger partial charge < -0.3 is 14.0 Å². The van der Waals surface area contributed by atoms with Gasteiger partial charge in [-0.3, -0.25) is 9.69 Å². The van der Waals surface area contributed by atoms with Crippen LogP contribution in [0.15, 0.2) is 30.3 Å². The van der Waals surface area contributed by atoms with E-state index >= 15 is 0 Å². The summed E-state index contributed by atoms with van der Waals surface area (Å²) in [5.41, 5.74) is 5.84. The number of carbonyl (C=O) groups excluding carboxylic acids is 1. The van der Waals surface area contributed by atoms with Gasteiger partial charge >= 0.3 is 5.97 Å². The number of nitriles is 1. The van der Waals surface area contributed by atoms with Crippen molar-refractivity contribution in [3.63, 3.8) is 0 Å².